The van der Waals surface area contributed by atoms with Crippen LogP contribution in [0.25, 0.3) is 10.9 Å². The first kappa shape index (κ1) is 8.32. The van der Waals surface area contributed by atoms with Gasteiger partial charge in [-0.2, -0.15) is 0 Å². The highest BCUT2D eigenvalue weighted by Gasteiger charge is 2.04. The Labute approximate surface area is 81.3 Å². The third-order valence-corrected chi connectivity index (χ3v) is 2.45. The quantitative estimate of drug-likeness (QED) is 0.652. The number of anilines is 1. The third-order valence-electron chi connectivity index (χ3n) is 2.12. The molecule has 0 saturated carbocycles. The molecule has 0 saturated heterocycles. The highest BCUT2D eigenvalue weighted by Crippen LogP contribution is 2.27. The van der Waals surface area contributed by atoms with Crippen LogP contribution in [0.3, 0.4) is 0 Å². The molecular weight excluding hydrogens is 184 g/mol. The minimum Gasteiger partial charge on any atom is -0.397 e. The number of nitrogens with zero attached hydrogens (tertiary/aromatic N) is 1. The van der Waals surface area contributed by atoms with Crippen LogP contribution in [0.15, 0.2) is 24.4 Å². The van der Waals surface area contributed by atoms with E-state index in [0.717, 1.165) is 16.5 Å². The average Bonchev–Trinajstić information content (AvgIpc) is 2.12. The minimum atomic E-state index is 0.691. The Morgan fingerprint density at radius 3 is 2.85 bits per heavy atom. The Bertz CT molecular complexity index is 466. The van der Waals surface area contributed by atoms with Crippen molar-refractivity contribution in [2.75, 3.05) is 5.73 Å². The van der Waals surface area contributed by atoms with Crippen LogP contribution >= 0.6 is 11.6 Å². The molecule has 2 rings (SSSR count). The van der Waals surface area contributed by atoms with Gasteiger partial charge in [0.1, 0.15) is 0 Å². The number of aryl methyl sites for hydroxylation is 1. The van der Waals surface area contributed by atoms with Crippen molar-refractivity contribution in [1.82, 2.24) is 4.98 Å². The Morgan fingerprint density at radius 1 is 1.31 bits per heavy atom. The summed E-state index contributed by atoms with van der Waals surface area (Å²) in [6.45, 7) is 1.96. The molecule has 1 aromatic carbocycles. The van der Waals surface area contributed by atoms with Crippen molar-refractivity contribution in [3.63, 3.8) is 0 Å². The van der Waals surface area contributed by atoms with E-state index < -0.39 is 0 Å². The van der Waals surface area contributed by atoms with Gasteiger partial charge in [-0.1, -0.05) is 23.7 Å². The highest BCUT2D eigenvalue weighted by molar-refractivity contribution is 6.35. The smallest absolute Gasteiger partial charge is 0.0948 e. The molecule has 0 spiro atoms. The lowest BCUT2D eigenvalue weighted by Crippen LogP contribution is -1.92. The van der Waals surface area contributed by atoms with Gasteiger partial charge < -0.3 is 5.73 Å². The second-order valence-electron chi connectivity index (χ2n) is 2.99. The fourth-order valence-electron chi connectivity index (χ4n) is 1.31. The summed E-state index contributed by atoms with van der Waals surface area (Å²) < 4.78 is 0. The molecule has 2 nitrogen and oxygen atoms in total. The van der Waals surface area contributed by atoms with E-state index in [1.807, 2.05) is 19.1 Å². The molecule has 2 N–H and O–H groups in total. The fraction of sp³-hybridized carbons (Fsp3) is 0.100. The molecule has 1 aromatic heterocycles. The predicted octanol–water partition coefficient (Wildman–Crippen LogP) is 2.78. The van der Waals surface area contributed by atoms with Gasteiger partial charge in [0, 0.05) is 11.6 Å². The second kappa shape index (κ2) is 2.89. The molecule has 0 fully saturated rings. The van der Waals surface area contributed by atoms with Gasteiger partial charge in [-0.3, -0.25) is 4.98 Å². The first-order valence-corrected chi connectivity index (χ1v) is 4.37. The van der Waals surface area contributed by atoms with Crippen LogP contribution in [-0.4, -0.2) is 4.98 Å². The van der Waals surface area contributed by atoms with Gasteiger partial charge in [-0.05, 0) is 18.6 Å². The van der Waals surface area contributed by atoms with E-state index in [2.05, 4.69) is 4.98 Å². The maximum absolute atomic E-state index is 5.99. The minimum absolute atomic E-state index is 0.691. The number of hydrogen-bond acceptors (Lipinski definition) is 2. The lowest BCUT2D eigenvalue weighted by Gasteiger charge is -2.04. The summed E-state index contributed by atoms with van der Waals surface area (Å²) in [5, 5.41) is 1.60. The van der Waals surface area contributed by atoms with E-state index in [-0.39, 0.29) is 0 Å². The zero-order valence-electron chi connectivity index (χ0n) is 7.21. The number of fused-ring (bicyclic) bond motifs is 1. The van der Waals surface area contributed by atoms with Crippen LogP contribution in [0.1, 0.15) is 5.56 Å². The third kappa shape index (κ3) is 1.23. The Morgan fingerprint density at radius 2 is 2.08 bits per heavy atom. The molecule has 0 aliphatic rings. The highest BCUT2D eigenvalue weighted by atomic mass is 35.5. The number of halogens is 1. The van der Waals surface area contributed by atoms with Gasteiger partial charge in [-0.15, -0.1) is 0 Å². The van der Waals surface area contributed by atoms with Crippen LogP contribution in [0.4, 0.5) is 5.69 Å². The van der Waals surface area contributed by atoms with Gasteiger partial charge in [0.25, 0.3) is 0 Å². The van der Waals surface area contributed by atoms with Gasteiger partial charge in [0.05, 0.1) is 16.2 Å². The molecule has 0 bridgehead atoms. The molecule has 0 unspecified atom stereocenters. The Kier molecular flexibility index (Phi) is 1.85. The number of nitrogen functional groups attached to an aromatic ring is 1. The summed E-state index contributed by atoms with van der Waals surface area (Å²) in [6, 6.07) is 5.65. The molecule has 13 heavy (non-hydrogen) atoms. The maximum atomic E-state index is 5.99. The average molecular weight is 193 g/mol. The molecule has 0 aliphatic carbocycles. The standard InChI is InChI=1S/C10H9ClN2/c1-6-2-3-7-8(11)4-5-13-10(7)9(6)12/h2-5H,12H2,1H3. The van der Waals surface area contributed by atoms with Crippen LogP contribution in [0, 0.1) is 6.92 Å². The number of hydrogen-bond donors (Lipinski definition) is 1. The van der Waals surface area contributed by atoms with Crippen LogP contribution in [-0.2, 0) is 0 Å². The Hall–Kier alpha value is -1.28. The number of rotatable bonds is 0. The molecule has 1 heterocycles. The largest absolute Gasteiger partial charge is 0.397 e. The topological polar surface area (TPSA) is 38.9 Å². The van der Waals surface area contributed by atoms with E-state index in [1.54, 1.807) is 12.3 Å². The normalized spacial score (nSPS) is 10.6. The van der Waals surface area contributed by atoms with E-state index in [0.29, 0.717) is 10.7 Å². The second-order valence-corrected chi connectivity index (χ2v) is 3.39. The molecule has 0 radical (unpaired) electrons. The summed E-state index contributed by atoms with van der Waals surface area (Å²) in [4.78, 5) is 4.19. The molecule has 66 valence electrons. The van der Waals surface area contributed by atoms with Crippen molar-refractivity contribution in [1.29, 1.82) is 0 Å². The van der Waals surface area contributed by atoms with E-state index in [1.165, 1.54) is 0 Å². The lowest BCUT2D eigenvalue weighted by molar-refractivity contribution is 1.39. The molecular formula is C10H9ClN2. The maximum Gasteiger partial charge on any atom is 0.0948 e. The summed E-state index contributed by atoms with van der Waals surface area (Å²) in [6.07, 6.45) is 1.67. The molecule has 2 aromatic rings. The number of nitrogens with two attached hydrogens (primary N) is 1. The summed E-state index contributed by atoms with van der Waals surface area (Å²) in [7, 11) is 0. The van der Waals surface area contributed by atoms with Gasteiger partial charge >= 0.3 is 0 Å². The molecule has 0 atom stereocenters. The Balaban J connectivity index is 2.94. The first-order chi connectivity index (χ1) is 6.20. The molecule has 0 aliphatic heterocycles. The molecule has 3 heteroatoms. The van der Waals surface area contributed by atoms with Gasteiger partial charge in [0.2, 0.25) is 0 Å². The van der Waals surface area contributed by atoms with Crippen molar-refractivity contribution in [3.05, 3.63) is 35.0 Å². The summed E-state index contributed by atoms with van der Waals surface area (Å²) in [5.74, 6) is 0. The van der Waals surface area contributed by atoms with Crippen LogP contribution in [0.2, 0.25) is 5.02 Å². The molecule has 0 amide bonds. The van der Waals surface area contributed by atoms with Gasteiger partial charge in [-0.25, -0.2) is 0 Å². The summed E-state index contributed by atoms with van der Waals surface area (Å²) >= 11 is 5.99. The van der Waals surface area contributed by atoms with Crippen molar-refractivity contribution < 1.29 is 0 Å². The van der Waals surface area contributed by atoms with E-state index >= 15 is 0 Å². The van der Waals surface area contributed by atoms with E-state index in [4.69, 9.17) is 17.3 Å². The monoisotopic (exact) mass is 192 g/mol. The van der Waals surface area contributed by atoms with Crippen molar-refractivity contribution in [2.45, 2.75) is 6.92 Å². The zero-order chi connectivity index (χ0) is 9.42. The SMILES string of the molecule is Cc1ccc2c(Cl)ccnc2c1N. The number of aromatic nitrogens is 1. The zero-order valence-corrected chi connectivity index (χ0v) is 7.97. The van der Waals surface area contributed by atoms with Gasteiger partial charge in [0.15, 0.2) is 0 Å². The first-order valence-electron chi connectivity index (χ1n) is 3.99. The van der Waals surface area contributed by atoms with Crippen molar-refractivity contribution in [3.8, 4) is 0 Å². The number of benzene rings is 1. The summed E-state index contributed by atoms with van der Waals surface area (Å²) in [5.41, 5.74) is 8.39. The van der Waals surface area contributed by atoms with Crippen LogP contribution < -0.4 is 5.73 Å². The van der Waals surface area contributed by atoms with E-state index in [9.17, 15) is 0 Å². The van der Waals surface area contributed by atoms with Crippen molar-refractivity contribution >= 4 is 28.2 Å². The van der Waals surface area contributed by atoms with Crippen molar-refractivity contribution in [2.24, 2.45) is 0 Å². The van der Waals surface area contributed by atoms with Crippen LogP contribution in [0.5, 0.6) is 0 Å². The fourth-order valence-corrected chi connectivity index (χ4v) is 1.52. The predicted molar refractivity (Wildman–Crippen MR) is 55.9 cm³/mol. The lowest BCUT2D eigenvalue weighted by atomic mass is 10.1. The number of pyridine rings is 1.